The summed E-state index contributed by atoms with van der Waals surface area (Å²) in [6, 6.07) is -0.0240. The van der Waals surface area contributed by atoms with Crippen molar-refractivity contribution in [1.29, 1.82) is 0 Å². The third-order valence-electron chi connectivity index (χ3n) is 2.52. The van der Waals surface area contributed by atoms with Crippen LogP contribution in [0.5, 0.6) is 0 Å². The highest BCUT2D eigenvalue weighted by Crippen LogP contribution is 2.21. The highest BCUT2D eigenvalue weighted by Gasteiger charge is 2.15. The molecule has 0 saturated carbocycles. The van der Waals surface area contributed by atoms with Gasteiger partial charge >= 0.3 is 0 Å². The van der Waals surface area contributed by atoms with Gasteiger partial charge in [0.2, 0.25) is 0 Å². The first-order chi connectivity index (χ1) is 7.45. The second-order valence-electron chi connectivity index (χ2n) is 4.21. The van der Waals surface area contributed by atoms with Crippen molar-refractivity contribution >= 4 is 17.4 Å². The molecule has 0 aliphatic rings. The van der Waals surface area contributed by atoms with E-state index in [1.807, 2.05) is 20.8 Å². The van der Waals surface area contributed by atoms with Crippen molar-refractivity contribution in [3.8, 4) is 0 Å². The van der Waals surface area contributed by atoms with Gasteiger partial charge in [-0.15, -0.1) is 0 Å². The van der Waals surface area contributed by atoms with Crippen LogP contribution < -0.4 is 5.32 Å². The standard InChI is InChI=1S/C11H18ClN3O/c1-6(2)9(5-16)15-11-7(3)10(12)13-8(4)14-11/h6,9,16H,5H2,1-4H3,(H,13,14,15). The van der Waals surface area contributed by atoms with Crippen molar-refractivity contribution in [3.63, 3.8) is 0 Å². The van der Waals surface area contributed by atoms with Crippen LogP contribution in [0.1, 0.15) is 25.2 Å². The summed E-state index contributed by atoms with van der Waals surface area (Å²) in [6.07, 6.45) is 0. The van der Waals surface area contributed by atoms with Gasteiger partial charge in [0.05, 0.1) is 12.6 Å². The van der Waals surface area contributed by atoms with E-state index in [-0.39, 0.29) is 12.6 Å². The average molecular weight is 244 g/mol. The maximum atomic E-state index is 9.25. The molecule has 1 rings (SSSR count). The predicted octanol–water partition coefficient (Wildman–Crippen LogP) is 2.18. The van der Waals surface area contributed by atoms with E-state index in [9.17, 15) is 5.11 Å². The summed E-state index contributed by atoms with van der Waals surface area (Å²) >= 11 is 5.97. The second kappa shape index (κ2) is 5.46. The molecule has 0 aliphatic heterocycles. The van der Waals surface area contributed by atoms with Crippen molar-refractivity contribution in [2.75, 3.05) is 11.9 Å². The SMILES string of the molecule is Cc1nc(Cl)c(C)c(NC(CO)C(C)C)n1. The lowest BCUT2D eigenvalue weighted by Crippen LogP contribution is -2.30. The van der Waals surface area contributed by atoms with E-state index >= 15 is 0 Å². The molecule has 1 unspecified atom stereocenters. The monoisotopic (exact) mass is 243 g/mol. The van der Waals surface area contributed by atoms with Gasteiger partial charge in [0.15, 0.2) is 0 Å². The Morgan fingerprint density at radius 3 is 2.44 bits per heavy atom. The van der Waals surface area contributed by atoms with E-state index < -0.39 is 0 Å². The van der Waals surface area contributed by atoms with Gasteiger partial charge in [-0.25, -0.2) is 9.97 Å². The van der Waals surface area contributed by atoms with Crippen LogP contribution in [0.2, 0.25) is 5.15 Å². The molecule has 0 saturated heterocycles. The Kier molecular flexibility index (Phi) is 4.50. The molecule has 0 aliphatic carbocycles. The summed E-state index contributed by atoms with van der Waals surface area (Å²) in [4.78, 5) is 8.35. The van der Waals surface area contributed by atoms with Crippen LogP contribution >= 0.6 is 11.6 Å². The van der Waals surface area contributed by atoms with Crippen LogP contribution in [0.15, 0.2) is 0 Å². The zero-order valence-electron chi connectivity index (χ0n) is 10.1. The number of aliphatic hydroxyl groups is 1. The zero-order chi connectivity index (χ0) is 12.3. The fourth-order valence-electron chi connectivity index (χ4n) is 1.33. The minimum Gasteiger partial charge on any atom is -0.394 e. The highest BCUT2D eigenvalue weighted by atomic mass is 35.5. The molecule has 4 nitrogen and oxygen atoms in total. The van der Waals surface area contributed by atoms with E-state index in [4.69, 9.17) is 11.6 Å². The fraction of sp³-hybridized carbons (Fsp3) is 0.636. The number of halogens is 1. The third kappa shape index (κ3) is 3.06. The second-order valence-corrected chi connectivity index (χ2v) is 4.57. The molecule has 0 amide bonds. The number of anilines is 1. The molecule has 1 heterocycles. The molecule has 5 heteroatoms. The number of hydrogen-bond donors (Lipinski definition) is 2. The summed E-state index contributed by atoms with van der Waals surface area (Å²) in [7, 11) is 0. The van der Waals surface area contributed by atoms with Crippen LogP contribution in [0.25, 0.3) is 0 Å². The molecule has 90 valence electrons. The Morgan fingerprint density at radius 2 is 1.94 bits per heavy atom. The van der Waals surface area contributed by atoms with E-state index in [1.54, 1.807) is 6.92 Å². The molecular weight excluding hydrogens is 226 g/mol. The summed E-state index contributed by atoms with van der Waals surface area (Å²) in [5.41, 5.74) is 0.811. The van der Waals surface area contributed by atoms with E-state index in [1.165, 1.54) is 0 Å². The first-order valence-corrected chi connectivity index (χ1v) is 5.71. The van der Waals surface area contributed by atoms with Gasteiger partial charge < -0.3 is 10.4 Å². The lowest BCUT2D eigenvalue weighted by Gasteiger charge is -2.21. The molecule has 0 radical (unpaired) electrons. The summed E-state index contributed by atoms with van der Waals surface area (Å²) in [5, 5.41) is 12.9. The van der Waals surface area contributed by atoms with Crippen molar-refractivity contribution in [1.82, 2.24) is 9.97 Å². The van der Waals surface area contributed by atoms with Gasteiger partial charge in [0, 0.05) is 5.56 Å². The summed E-state index contributed by atoms with van der Waals surface area (Å²) in [6.45, 7) is 7.80. The Balaban J connectivity index is 2.96. The van der Waals surface area contributed by atoms with Gasteiger partial charge in [-0.05, 0) is 19.8 Å². The molecule has 1 atom stereocenters. The highest BCUT2D eigenvalue weighted by molar-refractivity contribution is 6.30. The normalized spacial score (nSPS) is 12.9. The smallest absolute Gasteiger partial charge is 0.137 e. The molecule has 0 spiro atoms. The molecule has 1 aromatic rings. The van der Waals surface area contributed by atoms with E-state index in [0.29, 0.717) is 22.7 Å². The lowest BCUT2D eigenvalue weighted by molar-refractivity contribution is 0.249. The lowest BCUT2D eigenvalue weighted by atomic mass is 10.1. The first kappa shape index (κ1) is 13.2. The van der Waals surface area contributed by atoms with Crippen molar-refractivity contribution in [2.45, 2.75) is 33.7 Å². The van der Waals surface area contributed by atoms with E-state index in [0.717, 1.165) is 5.56 Å². The van der Waals surface area contributed by atoms with Crippen LogP contribution in [0.3, 0.4) is 0 Å². The molecule has 0 fully saturated rings. The number of rotatable bonds is 4. The van der Waals surface area contributed by atoms with Gasteiger partial charge in [-0.2, -0.15) is 0 Å². The number of hydrogen-bond acceptors (Lipinski definition) is 4. The van der Waals surface area contributed by atoms with Crippen molar-refractivity contribution in [3.05, 3.63) is 16.5 Å². The molecule has 0 bridgehead atoms. The molecular formula is C11H18ClN3O. The maximum Gasteiger partial charge on any atom is 0.137 e. The minimum atomic E-state index is -0.0240. The summed E-state index contributed by atoms with van der Waals surface area (Å²) < 4.78 is 0. The van der Waals surface area contributed by atoms with Gasteiger partial charge in [-0.3, -0.25) is 0 Å². The Morgan fingerprint density at radius 1 is 1.31 bits per heavy atom. The topological polar surface area (TPSA) is 58.0 Å². The molecule has 2 N–H and O–H groups in total. The summed E-state index contributed by atoms with van der Waals surface area (Å²) in [5.74, 6) is 1.64. The molecule has 0 aromatic carbocycles. The Bertz CT molecular complexity index is 368. The molecule has 1 aromatic heterocycles. The number of nitrogens with one attached hydrogen (secondary N) is 1. The number of aromatic nitrogens is 2. The Labute approximate surface area is 101 Å². The van der Waals surface area contributed by atoms with Crippen LogP contribution in [-0.4, -0.2) is 27.7 Å². The van der Waals surface area contributed by atoms with Gasteiger partial charge in [0.25, 0.3) is 0 Å². The van der Waals surface area contributed by atoms with Crippen LogP contribution in [0.4, 0.5) is 5.82 Å². The van der Waals surface area contributed by atoms with Crippen molar-refractivity contribution in [2.24, 2.45) is 5.92 Å². The quantitative estimate of drug-likeness (QED) is 0.796. The van der Waals surface area contributed by atoms with Crippen LogP contribution in [-0.2, 0) is 0 Å². The number of nitrogens with zero attached hydrogens (tertiary/aromatic N) is 2. The zero-order valence-corrected chi connectivity index (χ0v) is 10.8. The fourth-order valence-corrected chi connectivity index (χ4v) is 1.55. The first-order valence-electron chi connectivity index (χ1n) is 5.33. The number of aliphatic hydroxyl groups excluding tert-OH is 1. The van der Waals surface area contributed by atoms with Gasteiger partial charge in [-0.1, -0.05) is 25.4 Å². The maximum absolute atomic E-state index is 9.25. The largest absolute Gasteiger partial charge is 0.394 e. The van der Waals surface area contributed by atoms with E-state index in [2.05, 4.69) is 15.3 Å². The van der Waals surface area contributed by atoms with Gasteiger partial charge in [0.1, 0.15) is 16.8 Å². The predicted molar refractivity (Wildman–Crippen MR) is 65.9 cm³/mol. The average Bonchev–Trinajstić information content (AvgIpc) is 2.20. The minimum absolute atomic E-state index is 0.0240. The van der Waals surface area contributed by atoms with Crippen LogP contribution in [0, 0.1) is 19.8 Å². The molecule has 16 heavy (non-hydrogen) atoms. The Hall–Kier alpha value is -0.870. The van der Waals surface area contributed by atoms with Crippen molar-refractivity contribution < 1.29 is 5.11 Å². The number of aryl methyl sites for hydroxylation is 1. The third-order valence-corrected chi connectivity index (χ3v) is 2.89.